The summed E-state index contributed by atoms with van der Waals surface area (Å²) >= 11 is 1.76. The molecule has 1 aromatic heterocycles. The van der Waals surface area contributed by atoms with Crippen molar-refractivity contribution < 1.29 is 0 Å². The van der Waals surface area contributed by atoms with E-state index in [4.69, 9.17) is 15.8 Å². The molecular weight excluding hydrogens is 400 g/mol. The molecule has 0 aliphatic rings. The molecule has 2 aromatic carbocycles. The largest absolute Gasteiger partial charge is 0.333 e. The van der Waals surface area contributed by atoms with E-state index in [-0.39, 0.29) is 16.8 Å². The Hall–Kier alpha value is -2.63. The van der Waals surface area contributed by atoms with Gasteiger partial charge in [0.1, 0.15) is 0 Å². The third kappa shape index (κ3) is 6.68. The van der Waals surface area contributed by atoms with Crippen LogP contribution in [0.1, 0.15) is 61.0 Å². The van der Waals surface area contributed by atoms with Gasteiger partial charge in [-0.05, 0) is 44.4 Å². The first kappa shape index (κ1) is 24.6. The zero-order valence-corrected chi connectivity index (χ0v) is 19.9. The predicted molar refractivity (Wildman–Crippen MR) is 134 cm³/mol. The van der Waals surface area contributed by atoms with Crippen LogP contribution in [0.15, 0.2) is 60.0 Å². The van der Waals surface area contributed by atoms with Crippen LogP contribution in [-0.2, 0) is 18.3 Å². The molecule has 0 amide bonds. The topological polar surface area (TPSA) is 86.6 Å². The normalized spacial score (nSPS) is 10.9. The highest BCUT2D eigenvalue weighted by atomic mass is 32.1. The van der Waals surface area contributed by atoms with Crippen molar-refractivity contribution in [2.45, 2.75) is 51.9 Å². The molecule has 0 radical (unpaired) electrons. The van der Waals surface area contributed by atoms with E-state index in [9.17, 15) is 0 Å². The van der Waals surface area contributed by atoms with Gasteiger partial charge in [-0.3, -0.25) is 10.8 Å². The summed E-state index contributed by atoms with van der Waals surface area (Å²) < 4.78 is 0. The molecule has 3 rings (SSSR count). The van der Waals surface area contributed by atoms with Crippen LogP contribution in [0.5, 0.6) is 0 Å². The Morgan fingerprint density at radius 2 is 1.61 bits per heavy atom. The van der Waals surface area contributed by atoms with Crippen molar-refractivity contribution in [1.29, 1.82) is 10.8 Å². The lowest BCUT2D eigenvalue weighted by molar-refractivity contribution is 0.450. The maximum Gasteiger partial charge on any atom is 0.0925 e. The van der Waals surface area contributed by atoms with Crippen LogP contribution in [0.2, 0.25) is 0 Å². The van der Waals surface area contributed by atoms with Crippen LogP contribution in [0.25, 0.3) is 0 Å². The Labute approximate surface area is 190 Å². The summed E-state index contributed by atoms with van der Waals surface area (Å²) in [5.74, 6) is 0. The Kier molecular flexibility index (Phi) is 9.28. The number of thiazole rings is 1. The number of aryl methyl sites for hydroxylation is 2. The highest BCUT2D eigenvalue weighted by Crippen LogP contribution is 2.30. The molecule has 0 aliphatic carbocycles. The maximum absolute atomic E-state index is 8.45. The minimum Gasteiger partial charge on any atom is -0.333 e. The second kappa shape index (κ2) is 11.7. The molecule has 4 nitrogen and oxygen atoms in total. The Bertz CT molecular complexity index is 989. The first-order valence-corrected chi connectivity index (χ1v) is 11.6. The first-order valence-electron chi connectivity index (χ1n) is 10.8. The maximum atomic E-state index is 8.45. The lowest BCUT2D eigenvalue weighted by Crippen LogP contribution is -2.18. The molecule has 0 unspecified atom stereocenters. The van der Waals surface area contributed by atoms with Gasteiger partial charge < -0.3 is 5.73 Å². The van der Waals surface area contributed by atoms with E-state index in [0.29, 0.717) is 0 Å². The van der Waals surface area contributed by atoms with Crippen LogP contribution in [0, 0.1) is 10.8 Å². The molecule has 0 atom stereocenters. The quantitative estimate of drug-likeness (QED) is 0.360. The third-order valence-electron chi connectivity index (χ3n) is 5.34. The van der Waals surface area contributed by atoms with Crippen molar-refractivity contribution in [2.75, 3.05) is 7.05 Å². The summed E-state index contributed by atoms with van der Waals surface area (Å²) in [7, 11) is 1.50. The highest BCUT2D eigenvalue weighted by molar-refractivity contribution is 7.09. The third-order valence-corrected chi connectivity index (χ3v) is 6.34. The average molecular weight is 435 g/mol. The molecular formula is C26H34N4S. The molecule has 0 saturated carbocycles. The van der Waals surface area contributed by atoms with E-state index in [1.807, 2.05) is 42.5 Å². The van der Waals surface area contributed by atoms with Crippen molar-refractivity contribution >= 4 is 22.8 Å². The zero-order valence-electron chi connectivity index (χ0n) is 19.0. The van der Waals surface area contributed by atoms with E-state index in [0.717, 1.165) is 36.8 Å². The molecule has 0 aliphatic heterocycles. The number of hydrogen-bond acceptors (Lipinski definition) is 5. The lowest BCUT2D eigenvalue weighted by Gasteiger charge is -2.22. The second-order valence-corrected chi connectivity index (χ2v) is 8.98. The molecule has 0 fully saturated rings. The number of nitrogens with zero attached hydrogens (tertiary/aromatic N) is 1. The molecule has 0 bridgehead atoms. The molecule has 164 valence electrons. The second-order valence-electron chi connectivity index (χ2n) is 8.03. The summed E-state index contributed by atoms with van der Waals surface area (Å²) in [6.45, 7) is 6.70. The number of benzene rings is 2. The van der Waals surface area contributed by atoms with Crippen LogP contribution in [-0.4, -0.2) is 23.5 Å². The number of rotatable bonds is 9. The van der Waals surface area contributed by atoms with E-state index in [1.54, 1.807) is 11.3 Å². The van der Waals surface area contributed by atoms with E-state index < -0.39 is 0 Å². The summed E-state index contributed by atoms with van der Waals surface area (Å²) in [6.07, 6.45) is 4.10. The van der Waals surface area contributed by atoms with Gasteiger partial charge in [0.15, 0.2) is 0 Å². The standard InChI is InChI=1S/C25H29N3S.CH5N/c1-4-22-28-21(17-29-22)25(2,3)15-9-11-18-10-8-14-20(16-18)24(27)23(26)19-12-6-5-7-13-19;1-2/h5-8,10,12-14,16-17,26-27H,4,9,11,15H2,1-3H3;2H2,1H3. The fourth-order valence-corrected chi connectivity index (χ4v) is 4.36. The van der Waals surface area contributed by atoms with Crippen LogP contribution in [0.3, 0.4) is 0 Å². The summed E-state index contributed by atoms with van der Waals surface area (Å²) in [5.41, 5.74) is 9.11. The highest BCUT2D eigenvalue weighted by Gasteiger charge is 2.23. The Balaban J connectivity index is 0.00000166. The van der Waals surface area contributed by atoms with E-state index in [2.05, 4.69) is 44.0 Å². The molecule has 1 heterocycles. The van der Waals surface area contributed by atoms with Gasteiger partial charge in [0.05, 0.1) is 22.1 Å². The minimum atomic E-state index is 0.0731. The van der Waals surface area contributed by atoms with Crippen LogP contribution >= 0.6 is 11.3 Å². The summed E-state index contributed by atoms with van der Waals surface area (Å²) in [5, 5.41) is 20.2. The molecule has 0 spiro atoms. The Morgan fingerprint density at radius 3 is 2.26 bits per heavy atom. The van der Waals surface area contributed by atoms with Gasteiger partial charge in [0.25, 0.3) is 0 Å². The van der Waals surface area contributed by atoms with E-state index >= 15 is 0 Å². The number of hydrogen-bond donors (Lipinski definition) is 3. The smallest absolute Gasteiger partial charge is 0.0925 e. The van der Waals surface area contributed by atoms with Gasteiger partial charge in [-0.15, -0.1) is 11.3 Å². The van der Waals surface area contributed by atoms with Gasteiger partial charge in [0.2, 0.25) is 0 Å². The van der Waals surface area contributed by atoms with Gasteiger partial charge in [-0.2, -0.15) is 0 Å². The molecule has 0 saturated heterocycles. The van der Waals surface area contributed by atoms with Crippen molar-refractivity contribution in [1.82, 2.24) is 4.98 Å². The lowest BCUT2D eigenvalue weighted by atomic mass is 9.84. The fourth-order valence-electron chi connectivity index (χ4n) is 3.42. The van der Waals surface area contributed by atoms with Crippen molar-refractivity contribution in [2.24, 2.45) is 5.73 Å². The average Bonchev–Trinajstić information content (AvgIpc) is 3.31. The summed E-state index contributed by atoms with van der Waals surface area (Å²) in [6, 6.07) is 17.6. The van der Waals surface area contributed by atoms with Gasteiger partial charge >= 0.3 is 0 Å². The van der Waals surface area contributed by atoms with Crippen molar-refractivity contribution in [3.63, 3.8) is 0 Å². The van der Waals surface area contributed by atoms with Gasteiger partial charge in [-0.25, -0.2) is 4.98 Å². The SMILES string of the molecule is CCc1nc(C(C)(C)CCCc2cccc(C(=N)C(=N)c3ccccc3)c2)cs1.CN. The van der Waals surface area contributed by atoms with Crippen LogP contribution in [0.4, 0.5) is 0 Å². The molecule has 5 heteroatoms. The number of nitrogens with one attached hydrogen (secondary N) is 2. The van der Waals surface area contributed by atoms with E-state index in [1.165, 1.54) is 23.3 Å². The summed E-state index contributed by atoms with van der Waals surface area (Å²) in [4.78, 5) is 4.78. The monoisotopic (exact) mass is 434 g/mol. The predicted octanol–water partition coefficient (Wildman–Crippen LogP) is 6.02. The number of aromatic nitrogens is 1. The number of nitrogens with two attached hydrogens (primary N) is 1. The molecule has 4 N–H and O–H groups in total. The van der Waals surface area contributed by atoms with Gasteiger partial charge in [-0.1, -0.05) is 69.3 Å². The molecule has 31 heavy (non-hydrogen) atoms. The van der Waals surface area contributed by atoms with Crippen molar-refractivity contribution in [3.8, 4) is 0 Å². The van der Waals surface area contributed by atoms with Crippen molar-refractivity contribution in [3.05, 3.63) is 87.4 Å². The van der Waals surface area contributed by atoms with Crippen LogP contribution < -0.4 is 5.73 Å². The van der Waals surface area contributed by atoms with Gasteiger partial charge in [0, 0.05) is 21.9 Å². The first-order chi connectivity index (χ1) is 14.9. The Morgan fingerprint density at radius 1 is 0.968 bits per heavy atom. The minimum absolute atomic E-state index is 0.0731. The zero-order chi connectivity index (χ0) is 22.9. The fraction of sp³-hybridized carbons (Fsp3) is 0.346. The molecule has 3 aromatic rings.